The van der Waals surface area contributed by atoms with Crippen molar-refractivity contribution in [3.8, 4) is 0 Å². The number of nitrogens with zero attached hydrogens (tertiary/aromatic N) is 1. The fourth-order valence-corrected chi connectivity index (χ4v) is 1.70. The maximum Gasteiger partial charge on any atom is 0.257 e. The third-order valence-corrected chi connectivity index (χ3v) is 2.56. The van der Waals surface area contributed by atoms with Crippen molar-refractivity contribution in [3.63, 3.8) is 0 Å². The standard InChI is InChI=1S/C11H12F2N2O/c12-8-1-2-10(13)9(7-8)11(16)15-5-3-14-4-6-15/h1-2,7,14H,3-6H2. The topological polar surface area (TPSA) is 32.3 Å². The molecule has 1 aromatic rings. The normalized spacial score (nSPS) is 16.2. The van der Waals surface area contributed by atoms with E-state index in [2.05, 4.69) is 5.32 Å². The second-order valence-electron chi connectivity index (χ2n) is 3.67. The number of hydrogen-bond acceptors (Lipinski definition) is 2. The Balaban J connectivity index is 2.22. The van der Waals surface area contributed by atoms with E-state index in [0.717, 1.165) is 18.2 Å². The summed E-state index contributed by atoms with van der Waals surface area (Å²) in [5.74, 6) is -1.72. The number of nitrogens with one attached hydrogen (secondary N) is 1. The smallest absolute Gasteiger partial charge is 0.257 e. The van der Waals surface area contributed by atoms with Gasteiger partial charge in [-0.05, 0) is 18.2 Å². The Hall–Kier alpha value is -1.49. The van der Waals surface area contributed by atoms with Crippen molar-refractivity contribution in [1.82, 2.24) is 10.2 Å². The zero-order valence-corrected chi connectivity index (χ0v) is 8.67. The van der Waals surface area contributed by atoms with Crippen LogP contribution in [-0.2, 0) is 0 Å². The molecule has 1 aliphatic rings. The third-order valence-electron chi connectivity index (χ3n) is 2.56. The van der Waals surface area contributed by atoms with Crippen molar-refractivity contribution in [2.75, 3.05) is 26.2 Å². The fourth-order valence-electron chi connectivity index (χ4n) is 1.70. The van der Waals surface area contributed by atoms with Crippen molar-refractivity contribution < 1.29 is 13.6 Å². The molecule has 1 N–H and O–H groups in total. The van der Waals surface area contributed by atoms with E-state index in [0.29, 0.717) is 26.2 Å². The van der Waals surface area contributed by atoms with Gasteiger partial charge in [-0.25, -0.2) is 8.78 Å². The summed E-state index contributed by atoms with van der Waals surface area (Å²) in [5, 5.41) is 3.09. The number of carbonyl (C=O) groups is 1. The van der Waals surface area contributed by atoms with Crippen molar-refractivity contribution in [1.29, 1.82) is 0 Å². The molecule has 3 nitrogen and oxygen atoms in total. The second kappa shape index (κ2) is 4.57. The molecular weight excluding hydrogens is 214 g/mol. The highest BCUT2D eigenvalue weighted by Gasteiger charge is 2.21. The Morgan fingerprint density at radius 2 is 1.94 bits per heavy atom. The third kappa shape index (κ3) is 2.19. The summed E-state index contributed by atoms with van der Waals surface area (Å²) in [6.45, 7) is 2.41. The minimum atomic E-state index is -0.676. The Kier molecular flexibility index (Phi) is 3.14. The maximum absolute atomic E-state index is 13.3. The van der Waals surface area contributed by atoms with Crippen LogP contribution in [0, 0.1) is 11.6 Å². The van der Waals surface area contributed by atoms with Gasteiger partial charge in [-0.2, -0.15) is 0 Å². The summed E-state index contributed by atoms with van der Waals surface area (Å²) in [6, 6.07) is 2.92. The summed E-state index contributed by atoms with van der Waals surface area (Å²) in [6.07, 6.45) is 0. The first-order valence-corrected chi connectivity index (χ1v) is 5.13. The summed E-state index contributed by atoms with van der Waals surface area (Å²) in [4.78, 5) is 13.4. The van der Waals surface area contributed by atoms with Gasteiger partial charge in [-0.15, -0.1) is 0 Å². The second-order valence-corrected chi connectivity index (χ2v) is 3.67. The summed E-state index contributed by atoms with van der Waals surface area (Å²) in [5.41, 5.74) is -0.193. The lowest BCUT2D eigenvalue weighted by Gasteiger charge is -2.27. The Morgan fingerprint density at radius 3 is 2.62 bits per heavy atom. The van der Waals surface area contributed by atoms with Gasteiger partial charge < -0.3 is 10.2 Å². The van der Waals surface area contributed by atoms with E-state index in [4.69, 9.17) is 0 Å². The van der Waals surface area contributed by atoms with Crippen molar-refractivity contribution >= 4 is 5.91 Å². The average molecular weight is 226 g/mol. The molecule has 0 aliphatic carbocycles. The molecular formula is C11H12F2N2O. The average Bonchev–Trinajstić information content (AvgIpc) is 2.32. The van der Waals surface area contributed by atoms with Crippen LogP contribution in [0.5, 0.6) is 0 Å². The Morgan fingerprint density at radius 1 is 1.25 bits per heavy atom. The number of piperazine rings is 1. The zero-order chi connectivity index (χ0) is 11.5. The molecule has 2 rings (SSSR count). The van der Waals surface area contributed by atoms with Gasteiger partial charge in [0.05, 0.1) is 5.56 Å². The SMILES string of the molecule is O=C(c1cc(F)ccc1F)N1CCNCC1. The van der Waals surface area contributed by atoms with E-state index < -0.39 is 17.5 Å². The van der Waals surface area contributed by atoms with E-state index in [1.807, 2.05) is 0 Å². The van der Waals surface area contributed by atoms with Gasteiger partial charge in [0, 0.05) is 26.2 Å². The van der Waals surface area contributed by atoms with Gasteiger partial charge in [-0.3, -0.25) is 4.79 Å². The predicted molar refractivity (Wildman–Crippen MR) is 55.1 cm³/mol. The number of rotatable bonds is 1. The van der Waals surface area contributed by atoms with E-state index >= 15 is 0 Å². The molecule has 1 heterocycles. The predicted octanol–water partition coefficient (Wildman–Crippen LogP) is 1.01. The monoisotopic (exact) mass is 226 g/mol. The quantitative estimate of drug-likeness (QED) is 0.775. The van der Waals surface area contributed by atoms with Crippen LogP contribution in [0.25, 0.3) is 0 Å². The number of benzene rings is 1. The Labute approximate surface area is 92.1 Å². The van der Waals surface area contributed by atoms with Crippen LogP contribution in [0.15, 0.2) is 18.2 Å². The highest BCUT2D eigenvalue weighted by Crippen LogP contribution is 2.12. The van der Waals surface area contributed by atoms with Gasteiger partial charge >= 0.3 is 0 Å². The number of carbonyl (C=O) groups excluding carboxylic acids is 1. The van der Waals surface area contributed by atoms with Crippen molar-refractivity contribution in [2.45, 2.75) is 0 Å². The summed E-state index contributed by atoms with van der Waals surface area (Å²) < 4.78 is 26.3. The van der Waals surface area contributed by atoms with Crippen LogP contribution in [0.2, 0.25) is 0 Å². The van der Waals surface area contributed by atoms with Crippen LogP contribution in [0.1, 0.15) is 10.4 Å². The number of amides is 1. The van der Waals surface area contributed by atoms with Crippen LogP contribution in [-0.4, -0.2) is 37.0 Å². The molecule has 5 heteroatoms. The van der Waals surface area contributed by atoms with Crippen LogP contribution in [0.4, 0.5) is 8.78 Å². The van der Waals surface area contributed by atoms with E-state index in [9.17, 15) is 13.6 Å². The van der Waals surface area contributed by atoms with Gasteiger partial charge in [-0.1, -0.05) is 0 Å². The first kappa shape index (κ1) is 11.0. The highest BCUT2D eigenvalue weighted by molar-refractivity contribution is 5.94. The lowest BCUT2D eigenvalue weighted by atomic mass is 10.1. The lowest BCUT2D eigenvalue weighted by Crippen LogP contribution is -2.46. The largest absolute Gasteiger partial charge is 0.336 e. The van der Waals surface area contributed by atoms with Gasteiger partial charge in [0.15, 0.2) is 0 Å². The Bertz CT molecular complexity index is 403. The number of hydrogen-bond donors (Lipinski definition) is 1. The van der Waals surface area contributed by atoms with E-state index in [-0.39, 0.29) is 5.56 Å². The fraction of sp³-hybridized carbons (Fsp3) is 0.364. The molecule has 0 radical (unpaired) electrons. The minimum absolute atomic E-state index is 0.193. The molecule has 0 unspecified atom stereocenters. The van der Waals surface area contributed by atoms with E-state index in [1.165, 1.54) is 4.90 Å². The van der Waals surface area contributed by atoms with Crippen molar-refractivity contribution in [2.24, 2.45) is 0 Å². The molecule has 1 amide bonds. The highest BCUT2D eigenvalue weighted by atomic mass is 19.1. The van der Waals surface area contributed by atoms with Gasteiger partial charge in [0.25, 0.3) is 5.91 Å². The number of halogens is 2. The summed E-state index contributed by atoms with van der Waals surface area (Å²) >= 11 is 0. The lowest BCUT2D eigenvalue weighted by molar-refractivity contribution is 0.0730. The molecule has 86 valence electrons. The maximum atomic E-state index is 13.3. The van der Waals surface area contributed by atoms with Crippen molar-refractivity contribution in [3.05, 3.63) is 35.4 Å². The minimum Gasteiger partial charge on any atom is -0.336 e. The molecule has 1 fully saturated rings. The molecule has 0 aromatic heterocycles. The molecule has 0 saturated carbocycles. The van der Waals surface area contributed by atoms with Gasteiger partial charge in [0.1, 0.15) is 11.6 Å². The molecule has 0 bridgehead atoms. The molecule has 1 aliphatic heterocycles. The van der Waals surface area contributed by atoms with Gasteiger partial charge in [0.2, 0.25) is 0 Å². The molecule has 0 atom stereocenters. The molecule has 16 heavy (non-hydrogen) atoms. The first-order valence-electron chi connectivity index (χ1n) is 5.13. The van der Waals surface area contributed by atoms with Crippen LogP contribution >= 0.6 is 0 Å². The molecule has 0 spiro atoms. The summed E-state index contributed by atoms with van der Waals surface area (Å²) in [7, 11) is 0. The zero-order valence-electron chi connectivity index (χ0n) is 8.67. The van der Waals surface area contributed by atoms with Crippen LogP contribution in [0.3, 0.4) is 0 Å². The molecule has 1 aromatic carbocycles. The van der Waals surface area contributed by atoms with E-state index in [1.54, 1.807) is 0 Å². The molecule has 1 saturated heterocycles. The first-order chi connectivity index (χ1) is 7.68. The van der Waals surface area contributed by atoms with Crippen LogP contribution < -0.4 is 5.32 Å².